The van der Waals surface area contributed by atoms with Crippen molar-refractivity contribution in [1.82, 2.24) is 10.6 Å². The van der Waals surface area contributed by atoms with Gasteiger partial charge in [0.05, 0.1) is 12.6 Å². The molecule has 9 heteroatoms. The first-order valence-electron chi connectivity index (χ1n) is 7.67. The first-order valence-corrected chi connectivity index (χ1v) is 7.67. The second kappa shape index (κ2) is 10.0. The zero-order valence-corrected chi connectivity index (χ0v) is 13.6. The molecule has 0 heterocycles. The minimum Gasteiger partial charge on any atom is -0.480 e. The maximum absolute atomic E-state index is 11.8. The summed E-state index contributed by atoms with van der Waals surface area (Å²) in [6.07, 6.45) is 0.140. The molecule has 0 bridgehead atoms. The Morgan fingerprint density at radius 1 is 1.12 bits per heavy atom. The molecule has 0 aliphatic carbocycles. The summed E-state index contributed by atoms with van der Waals surface area (Å²) in [5, 5.41) is 13.8. The average Bonchev–Trinajstić information content (AvgIpc) is 2.57. The number of carbonyl (C=O) groups excluding carboxylic acids is 3. The number of benzene rings is 1. The minimum absolute atomic E-state index is 0.0427. The molecule has 0 aliphatic heterocycles. The lowest BCUT2D eigenvalue weighted by Crippen LogP contribution is -2.49. The molecule has 0 spiro atoms. The summed E-state index contributed by atoms with van der Waals surface area (Å²) >= 11 is 0. The second-order valence-corrected chi connectivity index (χ2v) is 5.48. The van der Waals surface area contributed by atoms with Gasteiger partial charge in [-0.1, -0.05) is 30.3 Å². The molecule has 0 radical (unpaired) electrons. The van der Waals surface area contributed by atoms with Crippen LogP contribution < -0.4 is 22.1 Å². The lowest BCUT2D eigenvalue weighted by molar-refractivity contribution is -0.141. The highest BCUT2D eigenvalue weighted by atomic mass is 16.4. The summed E-state index contributed by atoms with van der Waals surface area (Å²) in [6, 6.07) is 6.75. The number of hydrogen-bond donors (Lipinski definition) is 5. The number of carbonyl (C=O) groups is 4. The quantitative estimate of drug-likeness (QED) is 0.345. The molecule has 9 nitrogen and oxygen atoms in total. The molecule has 0 fully saturated rings. The number of nitrogens with two attached hydrogens (primary N) is 2. The number of hydrogen-bond acceptors (Lipinski definition) is 5. The van der Waals surface area contributed by atoms with Gasteiger partial charge < -0.3 is 27.2 Å². The van der Waals surface area contributed by atoms with Crippen LogP contribution in [0.2, 0.25) is 0 Å². The predicted molar refractivity (Wildman–Crippen MR) is 89.1 cm³/mol. The largest absolute Gasteiger partial charge is 0.480 e. The molecule has 2 atom stereocenters. The Labute approximate surface area is 144 Å². The molecule has 0 aromatic heterocycles. The molecule has 0 saturated carbocycles. The number of rotatable bonds is 10. The Morgan fingerprint density at radius 2 is 1.76 bits per heavy atom. The molecule has 1 aromatic carbocycles. The summed E-state index contributed by atoms with van der Waals surface area (Å²) in [6.45, 7) is -0.415. The van der Waals surface area contributed by atoms with Crippen molar-refractivity contribution in [2.75, 3.05) is 6.54 Å². The third kappa shape index (κ3) is 7.93. The van der Waals surface area contributed by atoms with Crippen LogP contribution in [-0.2, 0) is 25.6 Å². The van der Waals surface area contributed by atoms with Crippen LogP contribution in [0.15, 0.2) is 30.3 Å². The Hall–Kier alpha value is -2.94. The molecular formula is C16H22N4O5. The Bertz CT molecular complexity index is 620. The summed E-state index contributed by atoms with van der Waals surface area (Å²) in [5.41, 5.74) is 11.3. The van der Waals surface area contributed by atoms with Crippen molar-refractivity contribution in [2.24, 2.45) is 11.5 Å². The van der Waals surface area contributed by atoms with Crippen molar-refractivity contribution < 1.29 is 24.3 Å². The van der Waals surface area contributed by atoms with E-state index in [4.69, 9.17) is 11.5 Å². The standard InChI is InChI=1S/C16H22N4O5/c17-11(6-7-13(18)21)15(23)19-9-14(22)20-12(16(24)25)8-10-4-2-1-3-5-10/h1-5,11-12H,6-9,17H2,(H2,18,21)(H,19,23)(H,20,22)(H,24,25). The topological polar surface area (TPSA) is 165 Å². The number of amides is 3. The minimum atomic E-state index is -1.18. The van der Waals surface area contributed by atoms with E-state index in [9.17, 15) is 24.3 Å². The smallest absolute Gasteiger partial charge is 0.326 e. The third-order valence-electron chi connectivity index (χ3n) is 3.38. The molecule has 2 unspecified atom stereocenters. The number of nitrogens with one attached hydrogen (secondary N) is 2. The maximum atomic E-state index is 11.8. The van der Waals surface area contributed by atoms with E-state index < -0.39 is 42.3 Å². The van der Waals surface area contributed by atoms with Crippen LogP contribution in [0.4, 0.5) is 0 Å². The lowest BCUT2D eigenvalue weighted by Gasteiger charge is -2.16. The Morgan fingerprint density at radius 3 is 2.32 bits per heavy atom. The number of carboxylic acids is 1. The molecule has 25 heavy (non-hydrogen) atoms. The fraction of sp³-hybridized carbons (Fsp3) is 0.375. The fourth-order valence-corrected chi connectivity index (χ4v) is 2.02. The second-order valence-electron chi connectivity index (χ2n) is 5.48. The van der Waals surface area contributed by atoms with Crippen molar-refractivity contribution in [1.29, 1.82) is 0 Å². The first-order chi connectivity index (χ1) is 11.8. The molecule has 136 valence electrons. The summed E-state index contributed by atoms with van der Waals surface area (Å²) < 4.78 is 0. The van der Waals surface area contributed by atoms with Gasteiger partial charge >= 0.3 is 5.97 Å². The highest BCUT2D eigenvalue weighted by molar-refractivity contribution is 5.89. The van der Waals surface area contributed by atoms with E-state index in [1.165, 1.54) is 0 Å². The van der Waals surface area contributed by atoms with Crippen LogP contribution in [0.1, 0.15) is 18.4 Å². The summed E-state index contributed by atoms with van der Waals surface area (Å²) in [4.78, 5) is 45.4. The molecule has 0 saturated heterocycles. The highest BCUT2D eigenvalue weighted by Crippen LogP contribution is 2.03. The molecule has 7 N–H and O–H groups in total. The van der Waals surface area contributed by atoms with Gasteiger partial charge in [-0.2, -0.15) is 0 Å². The van der Waals surface area contributed by atoms with Gasteiger partial charge in [0.2, 0.25) is 17.7 Å². The van der Waals surface area contributed by atoms with Gasteiger partial charge in [0, 0.05) is 12.8 Å². The van der Waals surface area contributed by atoms with Gasteiger partial charge in [0.1, 0.15) is 6.04 Å². The Kier molecular flexibility index (Phi) is 8.07. The maximum Gasteiger partial charge on any atom is 0.326 e. The molecule has 0 aliphatic rings. The third-order valence-corrected chi connectivity index (χ3v) is 3.38. The van der Waals surface area contributed by atoms with Crippen LogP contribution in [-0.4, -0.2) is 47.4 Å². The van der Waals surface area contributed by atoms with E-state index in [2.05, 4.69) is 10.6 Å². The van der Waals surface area contributed by atoms with E-state index in [0.29, 0.717) is 0 Å². The summed E-state index contributed by atoms with van der Waals surface area (Å²) in [7, 11) is 0. The van der Waals surface area contributed by atoms with Crippen molar-refractivity contribution in [3.63, 3.8) is 0 Å². The van der Waals surface area contributed by atoms with E-state index in [-0.39, 0.29) is 19.3 Å². The van der Waals surface area contributed by atoms with E-state index >= 15 is 0 Å². The first kappa shape index (κ1) is 20.1. The van der Waals surface area contributed by atoms with Crippen molar-refractivity contribution in [3.05, 3.63) is 35.9 Å². The number of primary amides is 1. The number of aliphatic carboxylic acids is 1. The average molecular weight is 350 g/mol. The van der Waals surface area contributed by atoms with Gasteiger partial charge in [-0.25, -0.2) is 4.79 Å². The van der Waals surface area contributed by atoms with Crippen LogP contribution in [0.5, 0.6) is 0 Å². The summed E-state index contributed by atoms with van der Waals surface area (Å²) in [5.74, 6) is -3.03. The van der Waals surface area contributed by atoms with Gasteiger partial charge in [-0.05, 0) is 12.0 Å². The van der Waals surface area contributed by atoms with E-state index in [1.54, 1.807) is 30.3 Å². The fourth-order valence-electron chi connectivity index (χ4n) is 2.02. The monoisotopic (exact) mass is 350 g/mol. The van der Waals surface area contributed by atoms with Crippen molar-refractivity contribution >= 4 is 23.7 Å². The zero-order chi connectivity index (χ0) is 18.8. The molecule has 1 aromatic rings. The zero-order valence-electron chi connectivity index (χ0n) is 13.6. The van der Waals surface area contributed by atoms with Gasteiger partial charge in [0.15, 0.2) is 0 Å². The Balaban J connectivity index is 2.46. The van der Waals surface area contributed by atoms with Gasteiger partial charge in [-0.15, -0.1) is 0 Å². The molecule has 1 rings (SSSR count). The lowest BCUT2D eigenvalue weighted by atomic mass is 10.1. The van der Waals surface area contributed by atoms with Crippen LogP contribution in [0.3, 0.4) is 0 Å². The predicted octanol–water partition coefficient (Wildman–Crippen LogP) is -1.49. The van der Waals surface area contributed by atoms with Crippen molar-refractivity contribution in [3.8, 4) is 0 Å². The SMILES string of the molecule is NC(=O)CCC(N)C(=O)NCC(=O)NC(Cc1ccccc1)C(=O)O. The number of carboxylic acid groups (broad SMARTS) is 1. The van der Waals surface area contributed by atoms with Gasteiger partial charge in [0.25, 0.3) is 0 Å². The van der Waals surface area contributed by atoms with Crippen molar-refractivity contribution in [2.45, 2.75) is 31.3 Å². The van der Waals surface area contributed by atoms with E-state index in [0.717, 1.165) is 5.56 Å². The van der Waals surface area contributed by atoms with Crippen LogP contribution >= 0.6 is 0 Å². The molecular weight excluding hydrogens is 328 g/mol. The van der Waals surface area contributed by atoms with Crippen LogP contribution in [0.25, 0.3) is 0 Å². The normalized spacial score (nSPS) is 12.7. The van der Waals surface area contributed by atoms with Gasteiger partial charge in [-0.3, -0.25) is 14.4 Å². The van der Waals surface area contributed by atoms with Crippen LogP contribution in [0, 0.1) is 0 Å². The van der Waals surface area contributed by atoms with E-state index in [1.807, 2.05) is 0 Å². The highest BCUT2D eigenvalue weighted by Gasteiger charge is 2.21. The molecule has 3 amide bonds.